The lowest BCUT2D eigenvalue weighted by molar-refractivity contribution is -0.128. The van der Waals surface area contributed by atoms with E-state index in [-0.39, 0.29) is 17.8 Å². The number of hydrogen-bond acceptors (Lipinski definition) is 4. The smallest absolute Gasteiger partial charge is 0.246 e. The Morgan fingerprint density at radius 1 is 1.19 bits per heavy atom. The van der Waals surface area contributed by atoms with Crippen LogP contribution in [0.3, 0.4) is 0 Å². The van der Waals surface area contributed by atoms with Crippen molar-refractivity contribution in [3.8, 4) is 11.5 Å². The van der Waals surface area contributed by atoms with E-state index >= 15 is 0 Å². The zero-order chi connectivity index (χ0) is 22.2. The molecule has 4 rings (SSSR count). The summed E-state index contributed by atoms with van der Waals surface area (Å²) in [6.07, 6.45) is 8.25. The summed E-state index contributed by atoms with van der Waals surface area (Å²) in [7, 11) is 0. The van der Waals surface area contributed by atoms with Gasteiger partial charge in [0.15, 0.2) is 11.6 Å². The van der Waals surface area contributed by atoms with E-state index in [9.17, 15) is 9.18 Å². The van der Waals surface area contributed by atoms with Crippen molar-refractivity contribution in [1.29, 1.82) is 0 Å². The molecule has 1 atom stereocenters. The van der Waals surface area contributed by atoms with Crippen molar-refractivity contribution in [2.24, 2.45) is 0 Å². The molecule has 0 spiro atoms. The minimum atomic E-state index is -0.510. The summed E-state index contributed by atoms with van der Waals surface area (Å²) in [6.45, 7) is 1.76. The highest BCUT2D eigenvalue weighted by atomic mass is 19.1. The molecule has 1 aromatic heterocycles. The summed E-state index contributed by atoms with van der Waals surface area (Å²) in [4.78, 5) is 18.7. The molecule has 0 bridgehead atoms. The fourth-order valence-electron chi connectivity index (χ4n) is 3.58. The monoisotopic (exact) mass is 432 g/mol. The molecule has 1 amide bonds. The second-order valence-electron chi connectivity index (χ2n) is 7.65. The number of rotatable bonds is 8. The van der Waals surface area contributed by atoms with Crippen molar-refractivity contribution in [2.75, 3.05) is 13.2 Å². The third kappa shape index (κ3) is 6.02. The molecular weight excluding hydrogens is 407 g/mol. The number of pyridine rings is 1. The van der Waals surface area contributed by atoms with Gasteiger partial charge in [-0.1, -0.05) is 36.4 Å². The van der Waals surface area contributed by atoms with Gasteiger partial charge >= 0.3 is 0 Å². The van der Waals surface area contributed by atoms with Gasteiger partial charge in [0.25, 0.3) is 0 Å². The van der Waals surface area contributed by atoms with E-state index in [1.165, 1.54) is 18.3 Å². The molecule has 0 aliphatic carbocycles. The van der Waals surface area contributed by atoms with Crippen LogP contribution in [0.4, 0.5) is 4.39 Å². The molecule has 1 fully saturated rings. The minimum absolute atomic E-state index is 0.0532. The molecule has 1 aliphatic heterocycles. The van der Waals surface area contributed by atoms with Gasteiger partial charge in [0.05, 0.1) is 12.3 Å². The summed E-state index contributed by atoms with van der Waals surface area (Å²) in [5.74, 6) is -0.0921. The van der Waals surface area contributed by atoms with Crippen LogP contribution in [0.5, 0.6) is 11.5 Å². The van der Waals surface area contributed by atoms with Gasteiger partial charge in [-0.15, -0.1) is 0 Å². The molecule has 1 unspecified atom stereocenters. The van der Waals surface area contributed by atoms with Gasteiger partial charge < -0.3 is 14.4 Å². The highest BCUT2D eigenvalue weighted by molar-refractivity contribution is 5.91. The minimum Gasteiger partial charge on any atom is -0.453 e. The number of aromatic nitrogens is 1. The van der Waals surface area contributed by atoms with Crippen LogP contribution in [0.15, 0.2) is 79.1 Å². The Bertz CT molecular complexity index is 1050. The van der Waals surface area contributed by atoms with Gasteiger partial charge in [0.1, 0.15) is 5.75 Å². The standard InChI is InChI=1S/C26H25FN2O3/c27-24-16-20(10-12-25(24)32-22-8-4-14-28-17-22)11-13-26(30)29(19-23-9-5-15-31-23)18-21-6-2-1-3-7-21/h1-4,6-8,10-14,16-17,23H,5,9,15,18-19H2/b13-11+. The number of ether oxygens (including phenoxy) is 2. The maximum atomic E-state index is 14.5. The quantitative estimate of drug-likeness (QED) is 0.457. The second kappa shape index (κ2) is 10.7. The Morgan fingerprint density at radius 2 is 2.06 bits per heavy atom. The van der Waals surface area contributed by atoms with Crippen molar-refractivity contribution in [2.45, 2.75) is 25.5 Å². The molecule has 1 aliphatic rings. The first-order chi connectivity index (χ1) is 15.7. The van der Waals surface area contributed by atoms with Gasteiger partial charge in [-0.2, -0.15) is 0 Å². The fourth-order valence-corrected chi connectivity index (χ4v) is 3.58. The Hall–Kier alpha value is -3.51. The number of carbonyl (C=O) groups is 1. The predicted molar refractivity (Wildman–Crippen MR) is 121 cm³/mol. The Balaban J connectivity index is 1.44. The van der Waals surface area contributed by atoms with E-state index < -0.39 is 5.82 Å². The van der Waals surface area contributed by atoms with Gasteiger partial charge in [0, 0.05) is 32.0 Å². The van der Waals surface area contributed by atoms with Gasteiger partial charge in [-0.05, 0) is 54.3 Å². The lowest BCUT2D eigenvalue weighted by atomic mass is 10.1. The molecular formula is C26H25FN2O3. The van der Waals surface area contributed by atoms with Gasteiger partial charge in [-0.25, -0.2) is 4.39 Å². The van der Waals surface area contributed by atoms with E-state index in [1.807, 2.05) is 30.3 Å². The number of benzene rings is 2. The van der Waals surface area contributed by atoms with Crippen molar-refractivity contribution < 1.29 is 18.7 Å². The SMILES string of the molecule is O=C(/C=C/c1ccc(Oc2cccnc2)c(F)c1)N(Cc1ccccc1)CC1CCCO1. The summed E-state index contributed by atoms with van der Waals surface area (Å²) < 4.78 is 25.7. The van der Waals surface area contributed by atoms with Crippen molar-refractivity contribution in [1.82, 2.24) is 9.88 Å². The van der Waals surface area contributed by atoms with E-state index in [1.54, 1.807) is 41.4 Å². The third-order valence-electron chi connectivity index (χ3n) is 5.21. The first-order valence-corrected chi connectivity index (χ1v) is 10.7. The van der Waals surface area contributed by atoms with Crippen LogP contribution in [0.25, 0.3) is 6.08 Å². The molecule has 0 radical (unpaired) electrons. The van der Waals surface area contributed by atoms with Crippen molar-refractivity contribution >= 4 is 12.0 Å². The summed E-state index contributed by atoms with van der Waals surface area (Å²) in [6, 6.07) is 17.9. The number of carbonyl (C=O) groups excluding carboxylic acids is 1. The maximum absolute atomic E-state index is 14.5. The van der Waals surface area contributed by atoms with Crippen LogP contribution < -0.4 is 4.74 Å². The van der Waals surface area contributed by atoms with E-state index in [4.69, 9.17) is 9.47 Å². The Kier molecular flexibility index (Phi) is 7.25. The van der Waals surface area contributed by atoms with Crippen LogP contribution in [0, 0.1) is 5.82 Å². The Morgan fingerprint density at radius 3 is 2.78 bits per heavy atom. The molecule has 2 heterocycles. The van der Waals surface area contributed by atoms with E-state index in [0.717, 1.165) is 25.0 Å². The van der Waals surface area contributed by atoms with Crippen LogP contribution in [0.2, 0.25) is 0 Å². The molecule has 0 saturated carbocycles. The average Bonchev–Trinajstić information content (AvgIpc) is 3.33. The van der Waals surface area contributed by atoms with Crippen molar-refractivity contribution in [3.63, 3.8) is 0 Å². The van der Waals surface area contributed by atoms with Crippen LogP contribution >= 0.6 is 0 Å². The van der Waals surface area contributed by atoms with Gasteiger partial charge in [0.2, 0.25) is 5.91 Å². The van der Waals surface area contributed by atoms with Crippen LogP contribution in [0.1, 0.15) is 24.0 Å². The molecule has 32 heavy (non-hydrogen) atoms. The average molecular weight is 432 g/mol. The lowest BCUT2D eigenvalue weighted by Crippen LogP contribution is -2.35. The number of nitrogens with zero attached hydrogens (tertiary/aromatic N) is 2. The van der Waals surface area contributed by atoms with Crippen LogP contribution in [-0.4, -0.2) is 35.0 Å². The zero-order valence-corrected chi connectivity index (χ0v) is 17.7. The fraction of sp³-hybridized carbons (Fsp3) is 0.231. The Labute approximate surface area is 187 Å². The predicted octanol–water partition coefficient (Wildman–Crippen LogP) is 5.23. The summed E-state index contributed by atoms with van der Waals surface area (Å²) >= 11 is 0. The highest BCUT2D eigenvalue weighted by Gasteiger charge is 2.21. The van der Waals surface area contributed by atoms with E-state index in [2.05, 4.69) is 4.98 Å². The first-order valence-electron chi connectivity index (χ1n) is 10.7. The molecule has 1 saturated heterocycles. The number of halogens is 1. The molecule has 6 heteroatoms. The molecule has 3 aromatic rings. The number of amides is 1. The molecule has 164 valence electrons. The second-order valence-corrected chi connectivity index (χ2v) is 7.65. The molecule has 5 nitrogen and oxygen atoms in total. The highest BCUT2D eigenvalue weighted by Crippen LogP contribution is 2.25. The molecule has 0 N–H and O–H groups in total. The maximum Gasteiger partial charge on any atom is 0.246 e. The van der Waals surface area contributed by atoms with Crippen LogP contribution in [-0.2, 0) is 16.1 Å². The summed E-state index contributed by atoms with van der Waals surface area (Å²) in [5, 5.41) is 0. The normalized spacial score (nSPS) is 15.7. The topological polar surface area (TPSA) is 51.7 Å². The molecule has 2 aromatic carbocycles. The lowest BCUT2D eigenvalue weighted by Gasteiger charge is -2.24. The van der Waals surface area contributed by atoms with E-state index in [0.29, 0.717) is 24.4 Å². The van der Waals surface area contributed by atoms with Crippen molar-refractivity contribution in [3.05, 3.63) is 96.1 Å². The zero-order valence-electron chi connectivity index (χ0n) is 17.7. The first kappa shape index (κ1) is 21.7. The number of hydrogen-bond donors (Lipinski definition) is 0. The van der Waals surface area contributed by atoms with Gasteiger partial charge in [-0.3, -0.25) is 9.78 Å². The third-order valence-corrected chi connectivity index (χ3v) is 5.21. The summed E-state index contributed by atoms with van der Waals surface area (Å²) in [5.41, 5.74) is 1.63. The largest absolute Gasteiger partial charge is 0.453 e.